The Bertz CT molecular complexity index is 1230. The Balaban J connectivity index is 1.40. The molecule has 0 spiro atoms. The van der Waals surface area contributed by atoms with Gasteiger partial charge in [-0.1, -0.05) is 42.8 Å². The van der Waals surface area contributed by atoms with Gasteiger partial charge in [-0.2, -0.15) is 4.31 Å². The highest BCUT2D eigenvalue weighted by molar-refractivity contribution is 7.89. The molecule has 1 N–H and O–H groups in total. The first-order valence-corrected chi connectivity index (χ1v) is 12.8. The second kappa shape index (κ2) is 10.4. The molecule has 0 saturated carbocycles. The number of carbonyl (C=O) groups excluding carboxylic acids is 1. The van der Waals surface area contributed by atoms with E-state index in [0.717, 1.165) is 35.8 Å². The van der Waals surface area contributed by atoms with Gasteiger partial charge in [0.15, 0.2) is 0 Å². The highest BCUT2D eigenvalue weighted by Gasteiger charge is 2.26. The Hall–Kier alpha value is -2.90. The summed E-state index contributed by atoms with van der Waals surface area (Å²) in [6, 6.07) is 19.2. The number of ether oxygens (including phenoxy) is 1. The lowest BCUT2D eigenvalue weighted by atomic mass is 10.1. The number of hydrogen-bond donors (Lipinski definition) is 1. The quantitative estimate of drug-likeness (QED) is 0.538. The maximum Gasteiger partial charge on any atom is 0.243 e. The molecule has 1 aliphatic rings. The Morgan fingerprint density at radius 3 is 2.48 bits per heavy atom. The van der Waals surface area contributed by atoms with E-state index >= 15 is 0 Å². The van der Waals surface area contributed by atoms with E-state index in [4.69, 9.17) is 4.74 Å². The molecule has 6 nitrogen and oxygen atoms in total. The van der Waals surface area contributed by atoms with Crippen molar-refractivity contribution < 1.29 is 17.9 Å². The maximum atomic E-state index is 13.0. The molecule has 0 bridgehead atoms. The molecule has 1 amide bonds. The van der Waals surface area contributed by atoms with E-state index in [1.807, 2.05) is 18.2 Å². The van der Waals surface area contributed by atoms with Crippen molar-refractivity contribution in [2.45, 2.75) is 43.5 Å². The second-order valence-electron chi connectivity index (χ2n) is 8.40. The number of methoxy groups -OCH3 is 1. The van der Waals surface area contributed by atoms with Crippen LogP contribution in [0.25, 0.3) is 10.8 Å². The fourth-order valence-corrected chi connectivity index (χ4v) is 5.82. The van der Waals surface area contributed by atoms with Crippen LogP contribution < -0.4 is 10.1 Å². The summed E-state index contributed by atoms with van der Waals surface area (Å²) in [6.07, 6.45) is 3.49. The highest BCUT2D eigenvalue weighted by atomic mass is 32.2. The summed E-state index contributed by atoms with van der Waals surface area (Å²) in [4.78, 5) is 12.8. The minimum Gasteiger partial charge on any atom is -0.496 e. The molecule has 1 saturated heterocycles. The number of nitrogens with zero attached hydrogens (tertiary/aromatic N) is 1. The number of amides is 1. The highest BCUT2D eigenvalue weighted by Crippen LogP contribution is 2.27. The molecule has 1 heterocycles. The van der Waals surface area contributed by atoms with Crippen LogP contribution in [0.3, 0.4) is 0 Å². The van der Waals surface area contributed by atoms with Gasteiger partial charge in [0, 0.05) is 26.1 Å². The summed E-state index contributed by atoms with van der Waals surface area (Å²) in [5.74, 6) is 0.504. The first kappa shape index (κ1) is 23.3. The maximum absolute atomic E-state index is 13.0. The van der Waals surface area contributed by atoms with Gasteiger partial charge >= 0.3 is 0 Å². The molecule has 0 aliphatic carbocycles. The first-order chi connectivity index (χ1) is 16.0. The molecule has 7 heteroatoms. The molecule has 4 rings (SSSR count). The van der Waals surface area contributed by atoms with Crippen molar-refractivity contribution in [3.63, 3.8) is 0 Å². The molecule has 0 radical (unpaired) electrons. The zero-order valence-electron chi connectivity index (χ0n) is 18.9. The number of aryl methyl sites for hydroxylation is 1. The number of rotatable bonds is 8. The van der Waals surface area contributed by atoms with Gasteiger partial charge in [-0.15, -0.1) is 0 Å². The topological polar surface area (TPSA) is 75.7 Å². The zero-order chi connectivity index (χ0) is 23.3. The lowest BCUT2D eigenvalue weighted by Gasteiger charge is -2.26. The van der Waals surface area contributed by atoms with Crippen molar-refractivity contribution in [1.82, 2.24) is 9.62 Å². The Morgan fingerprint density at radius 1 is 0.970 bits per heavy atom. The lowest BCUT2D eigenvalue weighted by molar-refractivity contribution is -0.121. The molecule has 1 aliphatic heterocycles. The largest absolute Gasteiger partial charge is 0.496 e. The number of piperidine rings is 1. The molecule has 1 fully saturated rings. The van der Waals surface area contributed by atoms with Crippen molar-refractivity contribution in [1.29, 1.82) is 0 Å². The molecule has 3 aromatic carbocycles. The molecule has 0 aromatic heterocycles. The van der Waals surface area contributed by atoms with Gasteiger partial charge in [0.25, 0.3) is 0 Å². The van der Waals surface area contributed by atoms with E-state index in [2.05, 4.69) is 29.6 Å². The molecule has 0 unspecified atom stereocenters. The van der Waals surface area contributed by atoms with Crippen LogP contribution in [0.2, 0.25) is 0 Å². The van der Waals surface area contributed by atoms with E-state index in [1.165, 1.54) is 5.39 Å². The monoisotopic (exact) mass is 466 g/mol. The number of fused-ring (bicyclic) bond motifs is 1. The normalized spacial score (nSPS) is 14.8. The van der Waals surface area contributed by atoms with Crippen LogP contribution in [0.5, 0.6) is 5.75 Å². The molecular formula is C26H30N2O4S. The summed E-state index contributed by atoms with van der Waals surface area (Å²) in [7, 11) is -1.98. The lowest BCUT2D eigenvalue weighted by Crippen LogP contribution is -2.35. The van der Waals surface area contributed by atoms with Crippen LogP contribution in [0.15, 0.2) is 65.6 Å². The fraction of sp³-hybridized carbons (Fsp3) is 0.346. The first-order valence-electron chi connectivity index (χ1n) is 11.4. The SMILES string of the molecule is COc1ccc(S(=O)(=O)N2CCCCC2)cc1CCC(=O)NCc1ccc2ccccc2c1. The number of sulfonamides is 1. The van der Waals surface area contributed by atoms with Gasteiger partial charge in [-0.05, 0) is 65.4 Å². The van der Waals surface area contributed by atoms with Crippen LogP contribution in [-0.4, -0.2) is 38.8 Å². The second-order valence-corrected chi connectivity index (χ2v) is 10.3. The fourth-order valence-electron chi connectivity index (χ4n) is 4.25. The zero-order valence-corrected chi connectivity index (χ0v) is 19.7. The van der Waals surface area contributed by atoms with Crippen LogP contribution in [0, 0.1) is 0 Å². The van der Waals surface area contributed by atoms with Crippen molar-refractivity contribution >= 4 is 26.7 Å². The smallest absolute Gasteiger partial charge is 0.243 e. The van der Waals surface area contributed by atoms with E-state index < -0.39 is 10.0 Å². The van der Waals surface area contributed by atoms with Crippen molar-refractivity contribution in [2.24, 2.45) is 0 Å². The van der Waals surface area contributed by atoms with Crippen molar-refractivity contribution in [3.05, 3.63) is 71.8 Å². The van der Waals surface area contributed by atoms with Gasteiger partial charge in [0.2, 0.25) is 15.9 Å². The van der Waals surface area contributed by atoms with E-state index in [0.29, 0.717) is 31.8 Å². The van der Waals surface area contributed by atoms with Crippen LogP contribution in [0.4, 0.5) is 0 Å². The van der Waals surface area contributed by atoms with Gasteiger partial charge in [-0.3, -0.25) is 4.79 Å². The van der Waals surface area contributed by atoms with E-state index in [-0.39, 0.29) is 17.2 Å². The number of benzene rings is 3. The Morgan fingerprint density at radius 2 is 1.73 bits per heavy atom. The summed E-state index contributed by atoms with van der Waals surface area (Å²) < 4.78 is 33.0. The summed E-state index contributed by atoms with van der Waals surface area (Å²) in [5, 5.41) is 5.27. The van der Waals surface area contributed by atoms with Gasteiger partial charge < -0.3 is 10.1 Å². The van der Waals surface area contributed by atoms with Gasteiger partial charge in [-0.25, -0.2) is 8.42 Å². The summed E-state index contributed by atoms with van der Waals surface area (Å²) in [6.45, 7) is 1.56. The van der Waals surface area contributed by atoms with Crippen molar-refractivity contribution in [3.8, 4) is 5.75 Å². The van der Waals surface area contributed by atoms with E-state index in [1.54, 1.807) is 29.6 Å². The number of nitrogens with one attached hydrogen (secondary N) is 1. The standard InChI is InChI=1S/C26H30N2O4S/c1-32-25-13-12-24(33(30,31)28-15-5-2-6-16-28)18-23(25)11-14-26(29)27-19-20-9-10-21-7-3-4-8-22(21)17-20/h3-4,7-10,12-13,17-18H,2,5-6,11,14-16,19H2,1H3,(H,27,29). The number of carbonyl (C=O) groups is 1. The third-order valence-corrected chi connectivity index (χ3v) is 8.02. The average Bonchev–Trinajstić information content (AvgIpc) is 2.86. The van der Waals surface area contributed by atoms with Crippen molar-refractivity contribution in [2.75, 3.05) is 20.2 Å². The molecule has 174 valence electrons. The predicted molar refractivity (Wildman–Crippen MR) is 130 cm³/mol. The third kappa shape index (κ3) is 5.54. The third-order valence-electron chi connectivity index (χ3n) is 6.13. The Labute approximate surface area is 195 Å². The van der Waals surface area contributed by atoms with Crippen LogP contribution >= 0.6 is 0 Å². The molecule has 33 heavy (non-hydrogen) atoms. The van der Waals surface area contributed by atoms with E-state index in [9.17, 15) is 13.2 Å². The van der Waals surface area contributed by atoms with Gasteiger partial charge in [0.05, 0.1) is 12.0 Å². The minimum atomic E-state index is -3.54. The van der Waals surface area contributed by atoms with Gasteiger partial charge in [0.1, 0.15) is 5.75 Å². The Kier molecular flexibility index (Phi) is 7.30. The molecule has 0 atom stereocenters. The predicted octanol–water partition coefficient (Wildman–Crippen LogP) is 4.27. The molecule has 3 aromatic rings. The summed E-state index contributed by atoms with van der Waals surface area (Å²) >= 11 is 0. The summed E-state index contributed by atoms with van der Waals surface area (Å²) in [5.41, 5.74) is 1.76. The minimum absolute atomic E-state index is 0.0884. The van der Waals surface area contributed by atoms with Crippen LogP contribution in [0.1, 0.15) is 36.8 Å². The van der Waals surface area contributed by atoms with Crippen LogP contribution in [-0.2, 0) is 27.8 Å². The average molecular weight is 467 g/mol. The number of hydrogen-bond acceptors (Lipinski definition) is 4. The molecular weight excluding hydrogens is 436 g/mol.